The third kappa shape index (κ3) is 4.91. The highest BCUT2D eigenvalue weighted by Crippen LogP contribution is 2.27. The molecule has 0 saturated carbocycles. The molecule has 0 spiro atoms. The SMILES string of the molecule is C.C=CCC(C)CCC1=CC(O)C(C)C(C)=C1. The molecule has 0 fully saturated rings. The molecular formula is C16H28O. The highest BCUT2D eigenvalue weighted by molar-refractivity contribution is 5.30. The van der Waals surface area contributed by atoms with Crippen molar-refractivity contribution >= 4 is 0 Å². The van der Waals surface area contributed by atoms with Crippen LogP contribution in [0.2, 0.25) is 0 Å². The lowest BCUT2D eigenvalue weighted by Gasteiger charge is -2.23. The molecule has 0 aliphatic heterocycles. The summed E-state index contributed by atoms with van der Waals surface area (Å²) in [5.41, 5.74) is 2.58. The van der Waals surface area contributed by atoms with Gasteiger partial charge in [-0.2, -0.15) is 0 Å². The van der Waals surface area contributed by atoms with Crippen LogP contribution >= 0.6 is 0 Å². The Morgan fingerprint density at radius 3 is 2.71 bits per heavy atom. The zero-order valence-corrected chi connectivity index (χ0v) is 10.7. The average Bonchev–Trinajstić information content (AvgIpc) is 2.23. The van der Waals surface area contributed by atoms with Crippen LogP contribution in [0.1, 0.15) is 47.5 Å². The summed E-state index contributed by atoms with van der Waals surface area (Å²) < 4.78 is 0. The topological polar surface area (TPSA) is 20.2 Å². The lowest BCUT2D eigenvalue weighted by Crippen LogP contribution is -2.19. The first-order valence-corrected chi connectivity index (χ1v) is 6.22. The minimum atomic E-state index is -0.297. The predicted molar refractivity (Wildman–Crippen MR) is 77.0 cm³/mol. The molecule has 3 atom stereocenters. The third-order valence-corrected chi connectivity index (χ3v) is 3.52. The molecule has 0 heterocycles. The summed E-state index contributed by atoms with van der Waals surface area (Å²) in [5, 5.41) is 9.85. The summed E-state index contributed by atoms with van der Waals surface area (Å²) in [5.74, 6) is 0.956. The summed E-state index contributed by atoms with van der Waals surface area (Å²) in [4.78, 5) is 0. The molecule has 17 heavy (non-hydrogen) atoms. The average molecular weight is 236 g/mol. The molecule has 1 N–H and O–H groups in total. The van der Waals surface area contributed by atoms with Gasteiger partial charge in [-0.1, -0.05) is 45.1 Å². The Labute approximate surface area is 107 Å². The van der Waals surface area contributed by atoms with Crippen molar-refractivity contribution in [3.8, 4) is 0 Å². The van der Waals surface area contributed by atoms with E-state index in [1.165, 1.54) is 17.6 Å². The molecule has 0 bridgehead atoms. The summed E-state index contributed by atoms with van der Waals surface area (Å²) in [6.45, 7) is 10.2. The first-order valence-electron chi connectivity index (χ1n) is 6.22. The Balaban J connectivity index is 0.00000256. The molecule has 0 radical (unpaired) electrons. The Bertz CT molecular complexity index is 299. The highest BCUT2D eigenvalue weighted by Gasteiger charge is 2.18. The van der Waals surface area contributed by atoms with Crippen LogP contribution in [0.4, 0.5) is 0 Å². The van der Waals surface area contributed by atoms with E-state index in [0.717, 1.165) is 12.8 Å². The third-order valence-electron chi connectivity index (χ3n) is 3.52. The molecule has 0 saturated heterocycles. The van der Waals surface area contributed by atoms with Gasteiger partial charge in [0.1, 0.15) is 0 Å². The van der Waals surface area contributed by atoms with Gasteiger partial charge >= 0.3 is 0 Å². The van der Waals surface area contributed by atoms with Crippen LogP contribution in [-0.4, -0.2) is 11.2 Å². The minimum Gasteiger partial charge on any atom is -0.388 e. The van der Waals surface area contributed by atoms with Gasteiger partial charge in [0.15, 0.2) is 0 Å². The fraction of sp³-hybridized carbons (Fsp3) is 0.625. The van der Waals surface area contributed by atoms with E-state index in [9.17, 15) is 5.11 Å². The molecule has 0 amide bonds. The molecule has 0 aromatic heterocycles. The lowest BCUT2D eigenvalue weighted by molar-refractivity contribution is 0.176. The van der Waals surface area contributed by atoms with E-state index < -0.39 is 0 Å². The number of aliphatic hydroxyl groups excluding tert-OH is 1. The molecule has 0 aromatic carbocycles. The maximum atomic E-state index is 9.85. The second-order valence-electron chi connectivity index (χ2n) is 5.08. The Hall–Kier alpha value is -0.820. The van der Waals surface area contributed by atoms with Gasteiger partial charge in [0.2, 0.25) is 0 Å². The standard InChI is InChI=1S/C15H24O.CH4/c1-5-6-11(2)7-8-14-9-12(3)13(4)15(16)10-14;/h5,9-11,13,15-16H,1,6-8H2,2-4H3;1H4. The highest BCUT2D eigenvalue weighted by atomic mass is 16.3. The van der Waals surface area contributed by atoms with Crippen LogP contribution in [0.5, 0.6) is 0 Å². The number of hydrogen-bond acceptors (Lipinski definition) is 1. The van der Waals surface area contributed by atoms with Crippen LogP contribution < -0.4 is 0 Å². The van der Waals surface area contributed by atoms with Crippen molar-refractivity contribution in [3.63, 3.8) is 0 Å². The molecule has 1 heteroatoms. The minimum absolute atomic E-state index is 0. The molecule has 1 aliphatic rings. The monoisotopic (exact) mass is 236 g/mol. The van der Waals surface area contributed by atoms with Crippen molar-refractivity contribution in [3.05, 3.63) is 36.0 Å². The van der Waals surface area contributed by atoms with Crippen LogP contribution in [0, 0.1) is 11.8 Å². The Morgan fingerprint density at radius 1 is 1.53 bits per heavy atom. The van der Waals surface area contributed by atoms with Gasteiger partial charge in [-0.3, -0.25) is 0 Å². The zero-order chi connectivity index (χ0) is 12.1. The van der Waals surface area contributed by atoms with Gasteiger partial charge in [-0.15, -0.1) is 6.58 Å². The molecule has 1 aliphatic carbocycles. The van der Waals surface area contributed by atoms with Gasteiger partial charge in [-0.25, -0.2) is 0 Å². The van der Waals surface area contributed by atoms with Crippen LogP contribution in [0.15, 0.2) is 36.0 Å². The van der Waals surface area contributed by atoms with Crippen LogP contribution in [-0.2, 0) is 0 Å². The number of hydrogen-bond donors (Lipinski definition) is 1. The molecule has 1 rings (SSSR count). The first kappa shape index (κ1) is 16.2. The molecular weight excluding hydrogens is 208 g/mol. The fourth-order valence-electron chi connectivity index (χ4n) is 2.08. The predicted octanol–water partition coefficient (Wildman–Crippen LogP) is 4.50. The quantitative estimate of drug-likeness (QED) is 0.697. The Kier molecular flexibility index (Phi) is 7.13. The van der Waals surface area contributed by atoms with Crippen molar-refractivity contribution in [1.82, 2.24) is 0 Å². The number of aliphatic hydroxyl groups is 1. The second kappa shape index (κ2) is 7.50. The molecule has 1 nitrogen and oxygen atoms in total. The van der Waals surface area contributed by atoms with E-state index in [1.54, 1.807) is 0 Å². The van der Waals surface area contributed by atoms with Crippen molar-refractivity contribution in [2.24, 2.45) is 11.8 Å². The maximum Gasteiger partial charge on any atom is 0.0789 e. The van der Waals surface area contributed by atoms with Crippen molar-refractivity contribution in [2.45, 2.75) is 53.6 Å². The van der Waals surface area contributed by atoms with E-state index >= 15 is 0 Å². The van der Waals surface area contributed by atoms with E-state index in [-0.39, 0.29) is 19.4 Å². The molecule has 0 aromatic rings. The summed E-state index contributed by atoms with van der Waals surface area (Å²) in [7, 11) is 0. The number of rotatable bonds is 5. The molecule has 3 unspecified atom stereocenters. The largest absolute Gasteiger partial charge is 0.388 e. The summed E-state index contributed by atoms with van der Waals surface area (Å²) in [6.07, 6.45) is 9.25. The lowest BCUT2D eigenvalue weighted by atomic mass is 9.86. The normalized spacial score (nSPS) is 25.4. The second-order valence-corrected chi connectivity index (χ2v) is 5.08. The van der Waals surface area contributed by atoms with Crippen LogP contribution in [0.3, 0.4) is 0 Å². The van der Waals surface area contributed by atoms with Gasteiger partial charge < -0.3 is 5.11 Å². The van der Waals surface area contributed by atoms with Gasteiger partial charge in [0, 0.05) is 5.92 Å². The summed E-state index contributed by atoms with van der Waals surface area (Å²) in [6, 6.07) is 0. The first-order chi connectivity index (χ1) is 7.54. The van der Waals surface area contributed by atoms with Gasteiger partial charge in [-0.05, 0) is 37.7 Å². The summed E-state index contributed by atoms with van der Waals surface area (Å²) >= 11 is 0. The smallest absolute Gasteiger partial charge is 0.0789 e. The van der Waals surface area contributed by atoms with Crippen LogP contribution in [0.25, 0.3) is 0 Å². The molecule has 98 valence electrons. The van der Waals surface area contributed by atoms with E-state index in [4.69, 9.17) is 0 Å². The van der Waals surface area contributed by atoms with Gasteiger partial charge in [0.25, 0.3) is 0 Å². The van der Waals surface area contributed by atoms with E-state index in [0.29, 0.717) is 5.92 Å². The van der Waals surface area contributed by atoms with Crippen molar-refractivity contribution in [2.75, 3.05) is 0 Å². The fourth-order valence-corrected chi connectivity index (χ4v) is 2.08. The van der Waals surface area contributed by atoms with E-state index in [2.05, 4.69) is 33.4 Å². The maximum absolute atomic E-state index is 9.85. The zero-order valence-electron chi connectivity index (χ0n) is 10.7. The van der Waals surface area contributed by atoms with E-state index in [1.807, 2.05) is 12.2 Å². The van der Waals surface area contributed by atoms with Crippen molar-refractivity contribution < 1.29 is 5.11 Å². The number of allylic oxidation sites excluding steroid dienone is 3. The van der Waals surface area contributed by atoms with Gasteiger partial charge in [0.05, 0.1) is 6.10 Å². The van der Waals surface area contributed by atoms with Crippen molar-refractivity contribution in [1.29, 1.82) is 0 Å². The Morgan fingerprint density at radius 2 is 2.18 bits per heavy atom.